The highest BCUT2D eigenvalue weighted by Gasteiger charge is 2.02. The molecule has 0 fully saturated rings. The standard InChI is InChI=1S/C17H15N3O2/c1-22-14-5-6-15-16(7-8-18-17(15)10-14)20-19-11-12-3-2-4-13(21)9-12/h2-11,21H,1H3,(H,18,20)/b19-11+. The summed E-state index contributed by atoms with van der Waals surface area (Å²) in [6.07, 6.45) is 3.36. The van der Waals surface area contributed by atoms with E-state index in [-0.39, 0.29) is 5.75 Å². The monoisotopic (exact) mass is 293 g/mol. The highest BCUT2D eigenvalue weighted by molar-refractivity contribution is 5.92. The van der Waals surface area contributed by atoms with Crippen LogP contribution in [0.5, 0.6) is 11.5 Å². The quantitative estimate of drug-likeness (QED) is 0.571. The van der Waals surface area contributed by atoms with E-state index in [0.29, 0.717) is 0 Å². The molecule has 2 N–H and O–H groups in total. The summed E-state index contributed by atoms with van der Waals surface area (Å²) in [5.41, 5.74) is 5.49. The average molecular weight is 293 g/mol. The maximum absolute atomic E-state index is 9.42. The number of aromatic nitrogens is 1. The predicted molar refractivity (Wildman–Crippen MR) is 87.6 cm³/mol. The SMILES string of the molecule is COc1ccc2c(N/N=C/c3cccc(O)c3)ccnc2c1. The maximum Gasteiger partial charge on any atom is 0.121 e. The first-order valence-electron chi connectivity index (χ1n) is 6.77. The summed E-state index contributed by atoms with van der Waals surface area (Å²) >= 11 is 0. The van der Waals surface area contributed by atoms with Crippen molar-refractivity contribution in [3.63, 3.8) is 0 Å². The number of phenols is 1. The van der Waals surface area contributed by atoms with Gasteiger partial charge in [0.25, 0.3) is 0 Å². The van der Waals surface area contributed by atoms with Gasteiger partial charge in [-0.3, -0.25) is 10.4 Å². The second-order valence-electron chi connectivity index (χ2n) is 4.71. The fourth-order valence-corrected chi connectivity index (χ4v) is 2.13. The van der Waals surface area contributed by atoms with Crippen molar-refractivity contribution in [2.24, 2.45) is 5.10 Å². The number of aromatic hydroxyl groups is 1. The summed E-state index contributed by atoms with van der Waals surface area (Å²) < 4.78 is 5.20. The van der Waals surface area contributed by atoms with Gasteiger partial charge in [0.15, 0.2) is 0 Å². The van der Waals surface area contributed by atoms with E-state index in [4.69, 9.17) is 4.74 Å². The molecule has 1 aromatic heterocycles. The van der Waals surface area contributed by atoms with Crippen LogP contribution in [0, 0.1) is 0 Å². The van der Waals surface area contributed by atoms with Gasteiger partial charge >= 0.3 is 0 Å². The highest BCUT2D eigenvalue weighted by Crippen LogP contribution is 2.25. The van der Waals surface area contributed by atoms with Crippen molar-refractivity contribution in [3.05, 3.63) is 60.3 Å². The third-order valence-electron chi connectivity index (χ3n) is 3.22. The lowest BCUT2D eigenvalue weighted by Gasteiger charge is -2.06. The number of nitrogens with one attached hydrogen (secondary N) is 1. The van der Waals surface area contributed by atoms with Gasteiger partial charge in [0.1, 0.15) is 11.5 Å². The molecule has 5 nitrogen and oxygen atoms in total. The number of methoxy groups -OCH3 is 1. The Morgan fingerprint density at radius 2 is 2.09 bits per heavy atom. The van der Waals surface area contributed by atoms with Crippen molar-refractivity contribution in [1.82, 2.24) is 4.98 Å². The summed E-state index contributed by atoms with van der Waals surface area (Å²) in [7, 11) is 1.63. The lowest BCUT2D eigenvalue weighted by Crippen LogP contribution is -1.93. The van der Waals surface area contributed by atoms with E-state index >= 15 is 0 Å². The zero-order valence-electron chi connectivity index (χ0n) is 12.0. The molecule has 0 unspecified atom stereocenters. The topological polar surface area (TPSA) is 66.7 Å². The molecular weight excluding hydrogens is 278 g/mol. The number of hydrogen-bond acceptors (Lipinski definition) is 5. The van der Waals surface area contributed by atoms with Crippen LogP contribution in [0.1, 0.15) is 5.56 Å². The van der Waals surface area contributed by atoms with Crippen LogP contribution >= 0.6 is 0 Å². The van der Waals surface area contributed by atoms with Gasteiger partial charge < -0.3 is 9.84 Å². The largest absolute Gasteiger partial charge is 0.508 e. The van der Waals surface area contributed by atoms with Crippen LogP contribution in [0.3, 0.4) is 0 Å². The molecule has 5 heteroatoms. The Balaban J connectivity index is 1.85. The molecule has 22 heavy (non-hydrogen) atoms. The second kappa shape index (κ2) is 6.13. The molecule has 0 saturated carbocycles. The molecule has 0 aliphatic rings. The van der Waals surface area contributed by atoms with Gasteiger partial charge in [0, 0.05) is 17.6 Å². The first-order valence-corrected chi connectivity index (χ1v) is 6.77. The molecule has 0 bridgehead atoms. The van der Waals surface area contributed by atoms with Gasteiger partial charge in [0.2, 0.25) is 0 Å². The molecule has 0 amide bonds. The number of benzene rings is 2. The lowest BCUT2D eigenvalue weighted by atomic mass is 10.2. The van der Waals surface area contributed by atoms with Crippen molar-refractivity contribution in [1.29, 1.82) is 0 Å². The Hall–Kier alpha value is -3.08. The highest BCUT2D eigenvalue weighted by atomic mass is 16.5. The molecule has 0 spiro atoms. The number of fused-ring (bicyclic) bond motifs is 1. The zero-order valence-corrected chi connectivity index (χ0v) is 12.0. The van der Waals surface area contributed by atoms with E-state index in [0.717, 1.165) is 27.9 Å². The van der Waals surface area contributed by atoms with Crippen LogP contribution in [0.25, 0.3) is 10.9 Å². The molecule has 3 rings (SSSR count). The Kier molecular flexibility index (Phi) is 3.87. The van der Waals surface area contributed by atoms with E-state index in [2.05, 4.69) is 15.5 Å². The number of phenolic OH excluding ortho intramolecular Hbond substituents is 1. The number of nitrogens with zero attached hydrogens (tertiary/aromatic N) is 2. The molecule has 0 aliphatic carbocycles. The smallest absolute Gasteiger partial charge is 0.121 e. The Bertz CT molecular complexity index is 831. The molecule has 0 saturated heterocycles. The van der Waals surface area contributed by atoms with Crippen LogP contribution in [0.15, 0.2) is 59.8 Å². The van der Waals surface area contributed by atoms with Crippen LogP contribution < -0.4 is 10.2 Å². The summed E-state index contributed by atoms with van der Waals surface area (Å²) in [6, 6.07) is 14.4. The molecule has 110 valence electrons. The molecule has 3 aromatic rings. The van der Waals surface area contributed by atoms with Crippen LogP contribution in [0.2, 0.25) is 0 Å². The van der Waals surface area contributed by atoms with Gasteiger partial charge in [-0.25, -0.2) is 0 Å². The van der Waals surface area contributed by atoms with Crippen molar-refractivity contribution in [3.8, 4) is 11.5 Å². The van der Waals surface area contributed by atoms with Gasteiger partial charge in [-0.15, -0.1) is 0 Å². The van der Waals surface area contributed by atoms with Crippen molar-refractivity contribution < 1.29 is 9.84 Å². The molecule has 0 aliphatic heterocycles. The molecule has 0 radical (unpaired) electrons. The first-order chi connectivity index (χ1) is 10.8. The number of rotatable bonds is 4. The van der Waals surface area contributed by atoms with Crippen molar-refractivity contribution >= 4 is 22.8 Å². The van der Waals surface area contributed by atoms with Gasteiger partial charge in [0.05, 0.1) is 24.5 Å². The number of hydrazone groups is 1. The summed E-state index contributed by atoms with van der Waals surface area (Å²) in [4.78, 5) is 4.32. The van der Waals surface area contributed by atoms with Gasteiger partial charge in [-0.05, 0) is 35.9 Å². The number of anilines is 1. The fraction of sp³-hybridized carbons (Fsp3) is 0.0588. The van der Waals surface area contributed by atoms with E-state index < -0.39 is 0 Å². The fourth-order valence-electron chi connectivity index (χ4n) is 2.13. The Morgan fingerprint density at radius 1 is 1.18 bits per heavy atom. The number of hydrogen-bond donors (Lipinski definition) is 2. The van der Waals surface area contributed by atoms with Gasteiger partial charge in [-0.2, -0.15) is 5.10 Å². The second-order valence-corrected chi connectivity index (χ2v) is 4.71. The van der Waals surface area contributed by atoms with E-state index in [1.54, 1.807) is 37.7 Å². The minimum Gasteiger partial charge on any atom is -0.508 e. The minimum absolute atomic E-state index is 0.213. The Morgan fingerprint density at radius 3 is 2.91 bits per heavy atom. The normalized spacial score (nSPS) is 11.0. The Labute approximate surface area is 127 Å². The zero-order chi connectivity index (χ0) is 15.4. The third kappa shape index (κ3) is 2.98. The lowest BCUT2D eigenvalue weighted by molar-refractivity contribution is 0.415. The molecule has 0 atom stereocenters. The maximum atomic E-state index is 9.42. The molecular formula is C17H15N3O2. The van der Waals surface area contributed by atoms with Gasteiger partial charge in [-0.1, -0.05) is 12.1 Å². The minimum atomic E-state index is 0.213. The number of ether oxygens (including phenoxy) is 1. The summed E-state index contributed by atoms with van der Waals surface area (Å²) in [5, 5.41) is 14.6. The van der Waals surface area contributed by atoms with Crippen LogP contribution in [-0.4, -0.2) is 23.4 Å². The first kappa shape index (κ1) is 13.9. The van der Waals surface area contributed by atoms with Crippen LogP contribution in [0.4, 0.5) is 5.69 Å². The van der Waals surface area contributed by atoms with E-state index in [9.17, 15) is 5.11 Å². The van der Waals surface area contributed by atoms with E-state index in [1.165, 1.54) is 0 Å². The third-order valence-corrected chi connectivity index (χ3v) is 3.22. The number of pyridine rings is 1. The summed E-state index contributed by atoms with van der Waals surface area (Å²) in [6.45, 7) is 0. The van der Waals surface area contributed by atoms with Crippen molar-refractivity contribution in [2.45, 2.75) is 0 Å². The predicted octanol–water partition coefficient (Wildman–Crippen LogP) is 3.40. The van der Waals surface area contributed by atoms with Crippen LogP contribution in [-0.2, 0) is 0 Å². The molecule has 1 heterocycles. The average Bonchev–Trinajstić information content (AvgIpc) is 2.54. The van der Waals surface area contributed by atoms with Crippen molar-refractivity contribution in [2.75, 3.05) is 12.5 Å². The molecule has 2 aromatic carbocycles. The van der Waals surface area contributed by atoms with E-state index in [1.807, 2.05) is 30.3 Å². The summed E-state index contributed by atoms with van der Waals surface area (Å²) in [5.74, 6) is 0.978.